The fraction of sp³-hybridized carbons (Fsp3) is 0.263. The van der Waals surface area contributed by atoms with Crippen LogP contribution in [-0.2, 0) is 0 Å². The van der Waals surface area contributed by atoms with E-state index in [2.05, 4.69) is 0 Å². The molecule has 3 heteroatoms. The van der Waals surface area contributed by atoms with Crippen LogP contribution in [0.5, 0.6) is 17.2 Å². The third-order valence-electron chi connectivity index (χ3n) is 2.51. The predicted octanol–water partition coefficient (Wildman–Crippen LogP) is 5.33. The molecule has 22 heavy (non-hydrogen) atoms. The highest BCUT2D eigenvalue weighted by atomic mass is 16.5. The van der Waals surface area contributed by atoms with Gasteiger partial charge < -0.3 is 14.9 Å². The van der Waals surface area contributed by atoms with Crippen LogP contribution in [0, 0.1) is 0 Å². The van der Waals surface area contributed by atoms with E-state index >= 15 is 0 Å². The van der Waals surface area contributed by atoms with Crippen molar-refractivity contribution in [1.82, 2.24) is 0 Å². The van der Waals surface area contributed by atoms with E-state index in [-0.39, 0.29) is 11.5 Å². The van der Waals surface area contributed by atoms with E-state index in [0.29, 0.717) is 5.75 Å². The lowest BCUT2D eigenvalue weighted by Crippen LogP contribution is -1.83. The van der Waals surface area contributed by atoms with Gasteiger partial charge in [0.1, 0.15) is 17.2 Å². The molecule has 0 aliphatic heterocycles. The topological polar surface area (TPSA) is 49.7 Å². The molecule has 0 atom stereocenters. The lowest BCUT2D eigenvalue weighted by molar-refractivity contribution is 0.407. The van der Waals surface area contributed by atoms with Crippen LogP contribution in [0.1, 0.15) is 38.8 Å². The van der Waals surface area contributed by atoms with E-state index in [1.54, 1.807) is 31.4 Å². The van der Waals surface area contributed by atoms with Gasteiger partial charge in [-0.25, -0.2) is 0 Å². The summed E-state index contributed by atoms with van der Waals surface area (Å²) in [5.74, 6) is 1.02. The van der Waals surface area contributed by atoms with Gasteiger partial charge in [-0.3, -0.25) is 0 Å². The molecular formula is C19H26O3. The average molecular weight is 302 g/mol. The molecule has 0 spiro atoms. The van der Waals surface area contributed by atoms with Crippen molar-refractivity contribution in [1.29, 1.82) is 0 Å². The third-order valence-corrected chi connectivity index (χ3v) is 2.51. The monoisotopic (exact) mass is 302 g/mol. The zero-order chi connectivity index (χ0) is 17.0. The number of hydrogen-bond donors (Lipinski definition) is 2. The number of hydrogen-bond acceptors (Lipinski definition) is 3. The summed E-state index contributed by atoms with van der Waals surface area (Å²) in [6, 6.07) is 11.9. The van der Waals surface area contributed by atoms with E-state index < -0.39 is 0 Å². The smallest absolute Gasteiger partial charge is 0.123 e. The summed E-state index contributed by atoms with van der Waals surface area (Å²) in [4.78, 5) is 0. The van der Waals surface area contributed by atoms with Gasteiger partial charge in [-0.1, -0.05) is 52.0 Å². The number of phenols is 2. The minimum Gasteiger partial charge on any atom is -0.508 e. The second-order valence-electron chi connectivity index (χ2n) is 3.89. The molecule has 0 saturated carbocycles. The first-order valence-corrected chi connectivity index (χ1v) is 7.52. The van der Waals surface area contributed by atoms with Gasteiger partial charge in [-0.2, -0.15) is 0 Å². The molecule has 0 unspecified atom stereocenters. The molecule has 2 aromatic rings. The van der Waals surface area contributed by atoms with Crippen molar-refractivity contribution in [2.75, 3.05) is 7.11 Å². The first-order chi connectivity index (χ1) is 10.7. The summed E-state index contributed by atoms with van der Waals surface area (Å²) in [6.07, 6.45) is 3.77. The number of rotatable bonds is 3. The Labute approximate surface area is 133 Å². The van der Waals surface area contributed by atoms with Gasteiger partial charge in [0, 0.05) is 6.07 Å². The van der Waals surface area contributed by atoms with Crippen LogP contribution in [0.25, 0.3) is 12.2 Å². The Hall–Kier alpha value is -2.42. The quantitative estimate of drug-likeness (QED) is 0.753. The van der Waals surface area contributed by atoms with Gasteiger partial charge >= 0.3 is 0 Å². The van der Waals surface area contributed by atoms with Crippen molar-refractivity contribution >= 4 is 12.2 Å². The SMILES string of the molecule is CC.CC.COc1cc(O)cc(/C=C/c2ccc(O)cc2)c1. The highest BCUT2D eigenvalue weighted by Gasteiger charge is 1.97. The van der Waals surface area contributed by atoms with Gasteiger partial charge in [0.05, 0.1) is 7.11 Å². The molecule has 2 rings (SSSR count). The molecule has 0 fully saturated rings. The Morgan fingerprint density at radius 1 is 0.727 bits per heavy atom. The van der Waals surface area contributed by atoms with Crippen LogP contribution in [0.4, 0.5) is 0 Å². The summed E-state index contributed by atoms with van der Waals surface area (Å²) in [7, 11) is 1.56. The molecule has 3 nitrogen and oxygen atoms in total. The maximum absolute atomic E-state index is 9.51. The van der Waals surface area contributed by atoms with E-state index in [1.165, 1.54) is 0 Å². The van der Waals surface area contributed by atoms with Gasteiger partial charge in [-0.05, 0) is 35.4 Å². The Balaban J connectivity index is 0.00000102. The van der Waals surface area contributed by atoms with E-state index in [4.69, 9.17) is 4.74 Å². The molecule has 0 heterocycles. The summed E-state index contributed by atoms with van der Waals surface area (Å²) in [6.45, 7) is 8.00. The molecule has 0 aliphatic rings. The number of aromatic hydroxyl groups is 2. The van der Waals surface area contributed by atoms with E-state index in [9.17, 15) is 10.2 Å². The molecule has 120 valence electrons. The number of benzene rings is 2. The van der Waals surface area contributed by atoms with Crippen LogP contribution in [0.3, 0.4) is 0 Å². The predicted molar refractivity (Wildman–Crippen MR) is 94.4 cm³/mol. The molecule has 0 amide bonds. The normalized spacial score (nSPS) is 9.32. The summed E-state index contributed by atoms with van der Waals surface area (Å²) in [5, 5.41) is 18.7. The van der Waals surface area contributed by atoms with Crippen LogP contribution < -0.4 is 4.74 Å². The van der Waals surface area contributed by atoms with Crippen molar-refractivity contribution in [3.8, 4) is 17.2 Å². The van der Waals surface area contributed by atoms with Crippen molar-refractivity contribution < 1.29 is 14.9 Å². The zero-order valence-corrected chi connectivity index (χ0v) is 14.0. The second kappa shape index (κ2) is 11.3. The molecular weight excluding hydrogens is 276 g/mol. The molecule has 2 aromatic carbocycles. The fourth-order valence-corrected chi connectivity index (χ4v) is 1.60. The van der Waals surface area contributed by atoms with Gasteiger partial charge in [0.2, 0.25) is 0 Å². The van der Waals surface area contributed by atoms with Gasteiger partial charge in [0.15, 0.2) is 0 Å². The Morgan fingerprint density at radius 2 is 1.27 bits per heavy atom. The summed E-state index contributed by atoms with van der Waals surface area (Å²) >= 11 is 0. The molecule has 0 aliphatic carbocycles. The molecule has 2 N–H and O–H groups in total. The van der Waals surface area contributed by atoms with Crippen LogP contribution >= 0.6 is 0 Å². The first kappa shape index (κ1) is 19.6. The van der Waals surface area contributed by atoms with Crippen molar-refractivity contribution in [2.45, 2.75) is 27.7 Å². The molecule has 0 radical (unpaired) electrons. The lowest BCUT2D eigenvalue weighted by Gasteiger charge is -2.02. The van der Waals surface area contributed by atoms with Crippen LogP contribution in [0.15, 0.2) is 42.5 Å². The molecule has 0 saturated heterocycles. The fourth-order valence-electron chi connectivity index (χ4n) is 1.60. The largest absolute Gasteiger partial charge is 0.508 e. The average Bonchev–Trinajstić information content (AvgIpc) is 2.57. The number of ether oxygens (including phenoxy) is 1. The molecule has 0 aromatic heterocycles. The zero-order valence-electron chi connectivity index (χ0n) is 14.0. The maximum atomic E-state index is 9.51. The maximum Gasteiger partial charge on any atom is 0.123 e. The second-order valence-corrected chi connectivity index (χ2v) is 3.89. The van der Waals surface area contributed by atoms with Crippen molar-refractivity contribution in [3.63, 3.8) is 0 Å². The number of phenolic OH excluding ortho intramolecular Hbond substituents is 2. The molecule has 0 bridgehead atoms. The van der Waals surface area contributed by atoms with Gasteiger partial charge in [0.25, 0.3) is 0 Å². The highest BCUT2D eigenvalue weighted by Crippen LogP contribution is 2.23. The Morgan fingerprint density at radius 3 is 1.82 bits per heavy atom. The lowest BCUT2D eigenvalue weighted by atomic mass is 10.1. The van der Waals surface area contributed by atoms with E-state index in [1.807, 2.05) is 58.0 Å². The summed E-state index contributed by atoms with van der Waals surface area (Å²) in [5.41, 5.74) is 1.81. The minimum absolute atomic E-state index is 0.166. The first-order valence-electron chi connectivity index (χ1n) is 7.52. The van der Waals surface area contributed by atoms with Gasteiger partial charge in [-0.15, -0.1) is 0 Å². The minimum atomic E-state index is 0.166. The standard InChI is InChI=1S/C15H14O3.2C2H6/c1-18-15-9-12(8-14(17)10-15)3-2-11-4-6-13(16)7-5-11;2*1-2/h2-10,16-17H,1H3;2*1-2H3/b3-2+;;. The highest BCUT2D eigenvalue weighted by molar-refractivity contribution is 5.71. The Bertz CT molecular complexity index is 557. The van der Waals surface area contributed by atoms with Crippen molar-refractivity contribution in [2.24, 2.45) is 0 Å². The Kier molecular flexibility index (Phi) is 10.0. The number of methoxy groups -OCH3 is 1. The van der Waals surface area contributed by atoms with Crippen LogP contribution in [-0.4, -0.2) is 17.3 Å². The third kappa shape index (κ3) is 6.84. The van der Waals surface area contributed by atoms with E-state index in [0.717, 1.165) is 11.1 Å². The summed E-state index contributed by atoms with van der Waals surface area (Å²) < 4.78 is 5.08. The van der Waals surface area contributed by atoms with Crippen LogP contribution in [0.2, 0.25) is 0 Å². The van der Waals surface area contributed by atoms with Crippen molar-refractivity contribution in [3.05, 3.63) is 53.6 Å².